The highest BCUT2D eigenvalue weighted by molar-refractivity contribution is 5.79. The monoisotopic (exact) mass is 159 g/mol. The molecule has 0 saturated carbocycles. The van der Waals surface area contributed by atoms with Gasteiger partial charge in [-0.15, -0.1) is 0 Å². The summed E-state index contributed by atoms with van der Waals surface area (Å²) in [7, 11) is 0. The fraction of sp³-hybridized carbons (Fsp3) is 0.857. The zero-order chi connectivity index (χ0) is 8.53. The minimum atomic E-state index is 0.286. The van der Waals surface area contributed by atoms with E-state index in [1.807, 2.05) is 0 Å². The Morgan fingerprint density at radius 3 is 2.82 bits per heavy atom. The SMILES string of the molecule is CCCCNCC/C(N)=N\O. The van der Waals surface area contributed by atoms with Crippen LogP contribution in [0.25, 0.3) is 0 Å². The Bertz CT molecular complexity index is 114. The molecular weight excluding hydrogens is 142 g/mol. The maximum absolute atomic E-state index is 8.17. The van der Waals surface area contributed by atoms with Gasteiger partial charge < -0.3 is 16.3 Å². The van der Waals surface area contributed by atoms with E-state index in [2.05, 4.69) is 17.4 Å². The van der Waals surface area contributed by atoms with Gasteiger partial charge in [-0.2, -0.15) is 0 Å². The highest BCUT2D eigenvalue weighted by Crippen LogP contribution is 1.83. The highest BCUT2D eigenvalue weighted by Gasteiger charge is 1.91. The van der Waals surface area contributed by atoms with Crippen molar-refractivity contribution >= 4 is 5.84 Å². The maximum atomic E-state index is 8.17. The lowest BCUT2D eigenvalue weighted by Gasteiger charge is -2.01. The van der Waals surface area contributed by atoms with Gasteiger partial charge in [0.2, 0.25) is 0 Å². The summed E-state index contributed by atoms with van der Waals surface area (Å²) in [6.07, 6.45) is 2.98. The van der Waals surface area contributed by atoms with Gasteiger partial charge in [-0.1, -0.05) is 18.5 Å². The van der Waals surface area contributed by atoms with E-state index in [-0.39, 0.29) is 5.84 Å². The van der Waals surface area contributed by atoms with Crippen LogP contribution in [0.1, 0.15) is 26.2 Å². The molecule has 0 unspecified atom stereocenters. The third kappa shape index (κ3) is 7.12. The summed E-state index contributed by atoms with van der Waals surface area (Å²) in [4.78, 5) is 0. The summed E-state index contributed by atoms with van der Waals surface area (Å²) in [5.41, 5.74) is 5.25. The molecule has 0 aliphatic heterocycles. The van der Waals surface area contributed by atoms with E-state index in [0.717, 1.165) is 13.1 Å². The molecule has 0 rings (SSSR count). The molecule has 0 aromatic carbocycles. The molecule has 0 aliphatic rings. The molecule has 0 bridgehead atoms. The van der Waals surface area contributed by atoms with Crippen molar-refractivity contribution < 1.29 is 5.21 Å². The summed E-state index contributed by atoms with van der Waals surface area (Å²) < 4.78 is 0. The van der Waals surface area contributed by atoms with Crippen molar-refractivity contribution in [2.75, 3.05) is 13.1 Å². The van der Waals surface area contributed by atoms with Gasteiger partial charge in [-0.3, -0.25) is 0 Å². The molecule has 0 aromatic heterocycles. The standard InChI is InChI=1S/C7H17N3O/c1-2-3-5-9-6-4-7(8)10-11/h9,11H,2-6H2,1H3,(H2,8,10). The molecular formula is C7H17N3O. The van der Waals surface area contributed by atoms with Crippen LogP contribution in [0.2, 0.25) is 0 Å². The van der Waals surface area contributed by atoms with Gasteiger partial charge >= 0.3 is 0 Å². The average molecular weight is 159 g/mol. The quantitative estimate of drug-likeness (QED) is 0.174. The zero-order valence-electron chi connectivity index (χ0n) is 7.01. The van der Waals surface area contributed by atoms with Crippen LogP contribution in [-0.2, 0) is 0 Å². The Morgan fingerprint density at radius 1 is 1.55 bits per heavy atom. The molecule has 0 atom stereocenters. The number of hydrogen-bond donors (Lipinski definition) is 3. The molecule has 4 nitrogen and oxygen atoms in total. The van der Waals surface area contributed by atoms with Gasteiger partial charge in [0.25, 0.3) is 0 Å². The molecule has 4 heteroatoms. The number of nitrogens with two attached hydrogens (primary N) is 1. The molecule has 0 aliphatic carbocycles. The van der Waals surface area contributed by atoms with Gasteiger partial charge in [-0.05, 0) is 13.0 Å². The highest BCUT2D eigenvalue weighted by atomic mass is 16.4. The molecule has 0 heterocycles. The number of nitrogens with zero attached hydrogens (tertiary/aromatic N) is 1. The zero-order valence-corrected chi connectivity index (χ0v) is 7.01. The van der Waals surface area contributed by atoms with Crippen molar-refractivity contribution in [2.24, 2.45) is 10.9 Å². The van der Waals surface area contributed by atoms with Gasteiger partial charge in [0.1, 0.15) is 5.84 Å². The first-order chi connectivity index (χ1) is 5.31. The Kier molecular flexibility index (Phi) is 6.82. The van der Waals surface area contributed by atoms with E-state index < -0.39 is 0 Å². The van der Waals surface area contributed by atoms with Gasteiger partial charge in [0, 0.05) is 13.0 Å². The molecule has 11 heavy (non-hydrogen) atoms. The summed E-state index contributed by atoms with van der Waals surface area (Å²) in [5.74, 6) is 0.286. The molecule has 4 N–H and O–H groups in total. The lowest BCUT2D eigenvalue weighted by Crippen LogP contribution is -2.22. The van der Waals surface area contributed by atoms with Crippen LogP contribution in [0.5, 0.6) is 0 Å². The predicted octanol–water partition coefficient (Wildman–Crippen LogP) is 0.513. The normalized spacial score (nSPS) is 11.9. The Hall–Kier alpha value is -0.770. The van der Waals surface area contributed by atoms with Gasteiger partial charge in [-0.25, -0.2) is 0 Å². The molecule has 0 spiro atoms. The summed E-state index contributed by atoms with van der Waals surface area (Å²) >= 11 is 0. The predicted molar refractivity (Wildman–Crippen MR) is 45.8 cm³/mol. The van der Waals surface area contributed by atoms with E-state index in [1.54, 1.807) is 0 Å². The second kappa shape index (κ2) is 7.34. The van der Waals surface area contributed by atoms with Crippen molar-refractivity contribution in [3.63, 3.8) is 0 Å². The van der Waals surface area contributed by atoms with Crippen LogP contribution >= 0.6 is 0 Å². The Balaban J connectivity index is 3.02. The van der Waals surface area contributed by atoms with Crippen LogP contribution in [0.3, 0.4) is 0 Å². The van der Waals surface area contributed by atoms with E-state index in [1.165, 1.54) is 12.8 Å². The van der Waals surface area contributed by atoms with Crippen molar-refractivity contribution in [2.45, 2.75) is 26.2 Å². The smallest absolute Gasteiger partial charge is 0.140 e. The van der Waals surface area contributed by atoms with Crippen LogP contribution in [0.15, 0.2) is 5.16 Å². The van der Waals surface area contributed by atoms with E-state index >= 15 is 0 Å². The molecule has 0 fully saturated rings. The van der Waals surface area contributed by atoms with Gasteiger partial charge in [0.05, 0.1) is 0 Å². The number of nitrogens with one attached hydrogen (secondary N) is 1. The molecule has 0 radical (unpaired) electrons. The maximum Gasteiger partial charge on any atom is 0.140 e. The molecule has 0 amide bonds. The van der Waals surface area contributed by atoms with Crippen molar-refractivity contribution in [1.29, 1.82) is 0 Å². The van der Waals surface area contributed by atoms with Crippen LogP contribution in [-0.4, -0.2) is 24.1 Å². The molecule has 0 aromatic rings. The largest absolute Gasteiger partial charge is 0.409 e. The van der Waals surface area contributed by atoms with Crippen molar-refractivity contribution in [3.8, 4) is 0 Å². The summed E-state index contributed by atoms with van der Waals surface area (Å²) in [5, 5.41) is 14.2. The summed E-state index contributed by atoms with van der Waals surface area (Å²) in [6, 6.07) is 0. The van der Waals surface area contributed by atoms with E-state index in [4.69, 9.17) is 10.9 Å². The first-order valence-corrected chi connectivity index (χ1v) is 3.98. The number of hydrogen-bond acceptors (Lipinski definition) is 3. The second-order valence-corrected chi connectivity index (χ2v) is 2.44. The van der Waals surface area contributed by atoms with Crippen molar-refractivity contribution in [1.82, 2.24) is 5.32 Å². The van der Waals surface area contributed by atoms with Crippen molar-refractivity contribution in [3.05, 3.63) is 0 Å². The van der Waals surface area contributed by atoms with Crippen LogP contribution in [0.4, 0.5) is 0 Å². The second-order valence-electron chi connectivity index (χ2n) is 2.44. The third-order valence-electron chi connectivity index (χ3n) is 1.39. The molecule has 66 valence electrons. The van der Waals surface area contributed by atoms with Crippen LogP contribution < -0.4 is 11.1 Å². The van der Waals surface area contributed by atoms with Crippen LogP contribution in [0, 0.1) is 0 Å². The number of unbranched alkanes of at least 4 members (excludes halogenated alkanes) is 1. The number of rotatable bonds is 6. The first-order valence-electron chi connectivity index (χ1n) is 3.98. The number of oxime groups is 1. The average Bonchev–Trinajstić information content (AvgIpc) is 2.04. The number of amidine groups is 1. The first kappa shape index (κ1) is 10.2. The lowest BCUT2D eigenvalue weighted by molar-refractivity contribution is 0.316. The summed E-state index contributed by atoms with van der Waals surface area (Å²) in [6.45, 7) is 3.94. The van der Waals surface area contributed by atoms with E-state index in [9.17, 15) is 0 Å². The topological polar surface area (TPSA) is 70.6 Å². The Labute approximate surface area is 67.5 Å². The van der Waals surface area contributed by atoms with Gasteiger partial charge in [0.15, 0.2) is 0 Å². The minimum absolute atomic E-state index is 0.286. The third-order valence-corrected chi connectivity index (χ3v) is 1.39. The fourth-order valence-electron chi connectivity index (χ4n) is 0.693. The minimum Gasteiger partial charge on any atom is -0.409 e. The fourth-order valence-corrected chi connectivity index (χ4v) is 0.693. The lowest BCUT2D eigenvalue weighted by atomic mass is 10.3. The van der Waals surface area contributed by atoms with E-state index in [0.29, 0.717) is 6.42 Å². The molecule has 0 saturated heterocycles. The Morgan fingerprint density at radius 2 is 2.27 bits per heavy atom.